The molecule has 0 saturated heterocycles. The molecule has 6 aromatic carbocycles. The van der Waals surface area contributed by atoms with Crippen molar-refractivity contribution < 1.29 is 4.74 Å². The van der Waals surface area contributed by atoms with Gasteiger partial charge in [-0.1, -0.05) is 135 Å². The van der Waals surface area contributed by atoms with Gasteiger partial charge in [0.25, 0.3) is 0 Å². The Hall–Kier alpha value is -4.36. The fraction of sp³-hybridized carbons (Fsp3) is 0.0857. The third kappa shape index (κ3) is 2.55. The van der Waals surface area contributed by atoms with Crippen LogP contribution in [0.3, 0.4) is 0 Å². The van der Waals surface area contributed by atoms with Crippen LogP contribution in [0.15, 0.2) is 121 Å². The maximum absolute atomic E-state index is 6.92. The Morgan fingerprint density at radius 2 is 0.833 bits per heavy atom. The first-order chi connectivity index (χ1) is 17.9. The molecule has 0 N–H and O–H groups in total. The van der Waals surface area contributed by atoms with Gasteiger partial charge >= 0.3 is 0 Å². The zero-order valence-corrected chi connectivity index (χ0v) is 20.5. The summed E-state index contributed by atoms with van der Waals surface area (Å²) in [6, 6.07) is 43.9. The highest BCUT2D eigenvalue weighted by Crippen LogP contribution is 2.63. The number of hydrogen-bond donors (Lipinski definition) is 0. The predicted octanol–water partition coefficient (Wildman–Crippen LogP) is 9.49. The van der Waals surface area contributed by atoms with Crippen molar-refractivity contribution in [1.29, 1.82) is 0 Å². The smallest absolute Gasteiger partial charge is 0.140 e. The summed E-state index contributed by atoms with van der Waals surface area (Å²) in [5.41, 5.74) is 7.26. The van der Waals surface area contributed by atoms with Crippen LogP contribution in [0.25, 0.3) is 32.7 Å². The van der Waals surface area contributed by atoms with Crippen LogP contribution in [0, 0.1) is 0 Å². The molecule has 0 radical (unpaired) electrons. The highest BCUT2D eigenvalue weighted by Gasteiger charge is 2.51. The molecule has 1 nitrogen and oxygen atoms in total. The van der Waals surface area contributed by atoms with Gasteiger partial charge in [0, 0.05) is 21.9 Å². The molecule has 1 aliphatic carbocycles. The Kier molecular flexibility index (Phi) is 4.56. The van der Waals surface area contributed by atoms with Gasteiger partial charge in [-0.2, -0.15) is 0 Å². The van der Waals surface area contributed by atoms with Crippen LogP contribution in [0.1, 0.15) is 36.1 Å². The third-order valence-corrected chi connectivity index (χ3v) is 7.72. The van der Waals surface area contributed by atoms with Crippen molar-refractivity contribution in [3.63, 3.8) is 0 Å². The van der Waals surface area contributed by atoms with Gasteiger partial charge < -0.3 is 4.74 Å². The van der Waals surface area contributed by atoms with Gasteiger partial charge in [-0.25, -0.2) is 0 Å². The van der Waals surface area contributed by atoms with Crippen LogP contribution in [-0.2, 0) is 5.41 Å². The van der Waals surface area contributed by atoms with Crippen LogP contribution >= 0.6 is 0 Å². The number of fused-ring (bicyclic) bond motifs is 13. The van der Waals surface area contributed by atoms with Gasteiger partial charge in [0.15, 0.2) is 0 Å². The lowest BCUT2D eigenvalue weighted by Gasteiger charge is -2.40. The van der Waals surface area contributed by atoms with Gasteiger partial charge in [0.05, 0.1) is 5.41 Å². The van der Waals surface area contributed by atoms with Crippen molar-refractivity contribution in [2.24, 2.45) is 0 Å². The van der Waals surface area contributed by atoms with Crippen molar-refractivity contribution >= 4 is 21.5 Å². The third-order valence-electron chi connectivity index (χ3n) is 7.72. The van der Waals surface area contributed by atoms with E-state index in [0.717, 1.165) is 22.3 Å². The lowest BCUT2D eigenvalue weighted by Crippen LogP contribution is -2.32. The molecule has 8 rings (SSSR count). The topological polar surface area (TPSA) is 9.23 Å². The number of hydrogen-bond acceptors (Lipinski definition) is 1. The lowest BCUT2D eigenvalue weighted by atomic mass is 9.65. The molecule has 0 unspecified atom stereocenters. The van der Waals surface area contributed by atoms with E-state index in [4.69, 9.17) is 4.74 Å². The van der Waals surface area contributed by atoms with Crippen molar-refractivity contribution in [3.05, 3.63) is 144 Å². The molecule has 0 atom stereocenters. The minimum absolute atomic E-state index is 0.426. The van der Waals surface area contributed by atoms with Crippen LogP contribution in [-0.4, -0.2) is 0 Å². The maximum Gasteiger partial charge on any atom is 0.140 e. The molecular weight excluding hydrogens is 436 g/mol. The van der Waals surface area contributed by atoms with E-state index in [0.29, 0.717) is 0 Å². The monoisotopic (exact) mass is 462 g/mol. The molecule has 0 fully saturated rings. The second-order valence-electron chi connectivity index (χ2n) is 9.27. The van der Waals surface area contributed by atoms with Crippen molar-refractivity contribution in [2.75, 3.05) is 0 Å². The summed E-state index contributed by atoms with van der Waals surface area (Å²) >= 11 is 0. The quantitative estimate of drug-likeness (QED) is 0.218. The first-order valence-corrected chi connectivity index (χ1v) is 12.8. The molecule has 1 aliphatic heterocycles. The van der Waals surface area contributed by atoms with Crippen LogP contribution in [0.5, 0.6) is 11.5 Å². The second kappa shape index (κ2) is 7.83. The van der Waals surface area contributed by atoms with Crippen LogP contribution in [0.2, 0.25) is 0 Å². The molecule has 0 amide bonds. The Bertz CT molecular complexity index is 1660. The average Bonchev–Trinajstić information content (AvgIpc) is 3.25. The Balaban J connectivity index is 0.00000108. The molecule has 1 heterocycles. The van der Waals surface area contributed by atoms with Gasteiger partial charge in [-0.05, 0) is 33.0 Å². The van der Waals surface area contributed by atoms with Gasteiger partial charge in [0.1, 0.15) is 11.5 Å². The zero-order chi connectivity index (χ0) is 24.3. The summed E-state index contributed by atoms with van der Waals surface area (Å²) < 4.78 is 6.92. The summed E-state index contributed by atoms with van der Waals surface area (Å²) in [5.74, 6) is 1.93. The Morgan fingerprint density at radius 3 is 1.33 bits per heavy atom. The summed E-state index contributed by atoms with van der Waals surface area (Å²) in [4.78, 5) is 0. The first kappa shape index (κ1) is 21.0. The summed E-state index contributed by atoms with van der Waals surface area (Å²) in [6.07, 6.45) is 0. The van der Waals surface area contributed by atoms with E-state index < -0.39 is 5.41 Å². The summed E-state index contributed by atoms with van der Waals surface area (Å²) in [7, 11) is 0. The van der Waals surface area contributed by atoms with E-state index >= 15 is 0 Å². The van der Waals surface area contributed by atoms with Gasteiger partial charge in [0.2, 0.25) is 0 Å². The van der Waals surface area contributed by atoms with Crippen LogP contribution in [0.4, 0.5) is 0 Å². The standard InChI is InChI=1S/C33H20O.C2H6/c1-3-11-23-21(9-1)17-19-29-31(23)34-32-24-12-4-2-10-22(24)18-20-30(32)33(29)27-15-7-5-13-25(27)26-14-6-8-16-28(26)33;1-2/h1-20H;1-2H3. The normalized spacial score (nSPS) is 13.7. The minimum Gasteiger partial charge on any atom is -0.455 e. The van der Waals surface area contributed by atoms with Crippen molar-refractivity contribution in [2.45, 2.75) is 19.3 Å². The highest BCUT2D eigenvalue weighted by molar-refractivity contribution is 5.99. The van der Waals surface area contributed by atoms with Gasteiger partial charge in [-0.15, -0.1) is 0 Å². The number of ether oxygens (including phenoxy) is 1. The fourth-order valence-electron chi connectivity index (χ4n) is 6.36. The predicted molar refractivity (Wildman–Crippen MR) is 150 cm³/mol. The van der Waals surface area contributed by atoms with Gasteiger partial charge in [-0.3, -0.25) is 0 Å². The molecule has 6 aromatic rings. The van der Waals surface area contributed by atoms with E-state index in [-0.39, 0.29) is 0 Å². The summed E-state index contributed by atoms with van der Waals surface area (Å²) in [6.45, 7) is 4.00. The van der Waals surface area contributed by atoms with E-state index in [2.05, 4.69) is 121 Å². The SMILES string of the molecule is CC.c1ccc2c(c1)-c1ccccc1C21c2ccc3ccccc3c2Oc2c1ccc1ccccc21. The largest absolute Gasteiger partial charge is 0.455 e. The minimum atomic E-state index is -0.426. The van der Waals surface area contributed by atoms with Crippen molar-refractivity contribution in [3.8, 4) is 22.6 Å². The Morgan fingerprint density at radius 1 is 0.417 bits per heavy atom. The molecule has 1 spiro atoms. The number of rotatable bonds is 0. The molecule has 172 valence electrons. The maximum atomic E-state index is 6.92. The molecule has 1 heteroatoms. The molecule has 0 saturated carbocycles. The fourth-order valence-corrected chi connectivity index (χ4v) is 6.36. The van der Waals surface area contributed by atoms with E-state index in [1.165, 1.54) is 44.2 Å². The molecule has 0 aromatic heterocycles. The second-order valence-corrected chi connectivity index (χ2v) is 9.27. The summed E-state index contributed by atoms with van der Waals surface area (Å²) in [5, 5.41) is 4.69. The lowest BCUT2D eigenvalue weighted by molar-refractivity contribution is 0.447. The molecule has 0 bridgehead atoms. The first-order valence-electron chi connectivity index (χ1n) is 12.8. The number of benzene rings is 6. The van der Waals surface area contributed by atoms with Crippen LogP contribution < -0.4 is 4.74 Å². The zero-order valence-electron chi connectivity index (χ0n) is 20.5. The Labute approximate surface area is 211 Å². The molecule has 2 aliphatic rings. The highest BCUT2D eigenvalue weighted by atomic mass is 16.5. The molecular formula is C35H26O. The average molecular weight is 463 g/mol. The van der Waals surface area contributed by atoms with Crippen molar-refractivity contribution in [1.82, 2.24) is 0 Å². The molecule has 36 heavy (non-hydrogen) atoms. The van der Waals surface area contributed by atoms with E-state index in [1.54, 1.807) is 0 Å². The van der Waals surface area contributed by atoms with E-state index in [1.807, 2.05) is 13.8 Å². The van der Waals surface area contributed by atoms with E-state index in [9.17, 15) is 0 Å².